The molecule has 1 unspecified atom stereocenters. The molecule has 2 rings (SSSR count). The molecule has 0 radical (unpaired) electrons. The Morgan fingerprint density at radius 2 is 1.57 bits per heavy atom. The van der Waals surface area contributed by atoms with Crippen molar-refractivity contribution in [3.8, 4) is 11.5 Å². The summed E-state index contributed by atoms with van der Waals surface area (Å²) in [4.78, 5) is 0. The third kappa shape index (κ3) is 2.74. The van der Waals surface area contributed by atoms with E-state index >= 15 is 0 Å². The van der Waals surface area contributed by atoms with Gasteiger partial charge in [-0.3, -0.25) is 0 Å². The first-order valence-corrected chi connectivity index (χ1v) is 6.93. The predicted molar refractivity (Wildman–Crippen MR) is 84.1 cm³/mol. The van der Waals surface area contributed by atoms with E-state index in [1.54, 1.807) is 21.1 Å². The fourth-order valence-corrected chi connectivity index (χ4v) is 2.89. The topological polar surface area (TPSA) is 38.7 Å². The first-order valence-electron chi connectivity index (χ1n) is 6.93. The maximum Gasteiger partial charge on any atom is 0.125 e. The molecule has 112 valence electrons. The van der Waals surface area contributed by atoms with E-state index in [1.807, 2.05) is 50.2 Å². The minimum atomic E-state index is -1.20. The number of aliphatic hydroxyl groups is 1. The van der Waals surface area contributed by atoms with Crippen LogP contribution < -0.4 is 9.47 Å². The summed E-state index contributed by atoms with van der Waals surface area (Å²) >= 11 is 0. The van der Waals surface area contributed by atoms with Crippen LogP contribution in [0.15, 0.2) is 36.4 Å². The molecule has 0 aliphatic rings. The van der Waals surface area contributed by atoms with Gasteiger partial charge in [0.2, 0.25) is 0 Å². The van der Waals surface area contributed by atoms with Crippen LogP contribution in [-0.4, -0.2) is 19.3 Å². The molecule has 21 heavy (non-hydrogen) atoms. The van der Waals surface area contributed by atoms with Crippen LogP contribution >= 0.6 is 0 Å². The van der Waals surface area contributed by atoms with Gasteiger partial charge in [-0.15, -0.1) is 0 Å². The zero-order valence-electron chi connectivity index (χ0n) is 13.2. The molecule has 3 heteroatoms. The smallest absolute Gasteiger partial charge is 0.125 e. The summed E-state index contributed by atoms with van der Waals surface area (Å²) in [6.45, 7) is 5.76. The Kier molecular flexibility index (Phi) is 4.24. The second kappa shape index (κ2) is 5.78. The highest BCUT2D eigenvalue weighted by Crippen LogP contribution is 2.41. The maximum absolute atomic E-state index is 11.2. The number of benzene rings is 2. The highest BCUT2D eigenvalue weighted by Gasteiger charge is 2.33. The molecule has 2 aromatic carbocycles. The fourth-order valence-electron chi connectivity index (χ4n) is 2.89. The van der Waals surface area contributed by atoms with E-state index in [4.69, 9.17) is 9.47 Å². The summed E-state index contributed by atoms with van der Waals surface area (Å²) in [5, 5.41) is 11.2. The molecule has 0 aliphatic carbocycles. The second-order valence-corrected chi connectivity index (χ2v) is 5.43. The van der Waals surface area contributed by atoms with Gasteiger partial charge in [0.05, 0.1) is 14.2 Å². The van der Waals surface area contributed by atoms with Crippen molar-refractivity contribution < 1.29 is 14.6 Å². The summed E-state index contributed by atoms with van der Waals surface area (Å²) < 4.78 is 10.9. The lowest BCUT2D eigenvalue weighted by atomic mass is 9.83. The molecular weight excluding hydrogens is 264 g/mol. The van der Waals surface area contributed by atoms with Crippen LogP contribution in [0, 0.1) is 13.8 Å². The Morgan fingerprint density at radius 3 is 2.19 bits per heavy atom. The van der Waals surface area contributed by atoms with Crippen LogP contribution in [0.5, 0.6) is 11.5 Å². The second-order valence-electron chi connectivity index (χ2n) is 5.43. The predicted octanol–water partition coefficient (Wildman–Crippen LogP) is 3.58. The van der Waals surface area contributed by atoms with Gasteiger partial charge in [0.25, 0.3) is 0 Å². The van der Waals surface area contributed by atoms with Gasteiger partial charge in [-0.2, -0.15) is 0 Å². The van der Waals surface area contributed by atoms with E-state index in [2.05, 4.69) is 0 Å². The lowest BCUT2D eigenvalue weighted by Gasteiger charge is -2.29. The fraction of sp³-hybridized carbons (Fsp3) is 0.333. The number of hydrogen-bond acceptors (Lipinski definition) is 3. The zero-order chi connectivity index (χ0) is 15.6. The molecule has 0 amide bonds. The summed E-state index contributed by atoms with van der Waals surface area (Å²) in [6, 6.07) is 11.5. The SMILES string of the molecule is COc1ccccc1C(C)(O)c1c(C)cc(C)cc1OC. The van der Waals surface area contributed by atoms with Crippen molar-refractivity contribution in [1.29, 1.82) is 0 Å². The van der Waals surface area contributed by atoms with Gasteiger partial charge < -0.3 is 14.6 Å². The van der Waals surface area contributed by atoms with Gasteiger partial charge in [-0.05, 0) is 44.0 Å². The third-order valence-electron chi connectivity index (χ3n) is 3.78. The van der Waals surface area contributed by atoms with E-state index in [-0.39, 0.29) is 0 Å². The van der Waals surface area contributed by atoms with Gasteiger partial charge in [0.1, 0.15) is 17.1 Å². The Bertz CT molecular complexity index is 645. The highest BCUT2D eigenvalue weighted by atomic mass is 16.5. The largest absolute Gasteiger partial charge is 0.496 e. The summed E-state index contributed by atoms with van der Waals surface area (Å²) in [6.07, 6.45) is 0. The number of aryl methyl sites for hydroxylation is 2. The first-order chi connectivity index (χ1) is 9.91. The van der Waals surface area contributed by atoms with Gasteiger partial charge in [-0.25, -0.2) is 0 Å². The Balaban J connectivity index is 2.69. The van der Waals surface area contributed by atoms with E-state index in [0.717, 1.165) is 22.3 Å². The lowest BCUT2D eigenvalue weighted by molar-refractivity contribution is 0.0950. The molecule has 1 atom stereocenters. The van der Waals surface area contributed by atoms with Crippen LogP contribution in [0.2, 0.25) is 0 Å². The molecular formula is C18H22O3. The Morgan fingerprint density at radius 1 is 0.952 bits per heavy atom. The number of hydrogen-bond donors (Lipinski definition) is 1. The van der Waals surface area contributed by atoms with Gasteiger partial charge in [0.15, 0.2) is 0 Å². The summed E-state index contributed by atoms with van der Waals surface area (Å²) in [5.41, 5.74) is 2.37. The zero-order valence-corrected chi connectivity index (χ0v) is 13.2. The van der Waals surface area contributed by atoms with Gasteiger partial charge in [0, 0.05) is 11.1 Å². The van der Waals surface area contributed by atoms with Crippen molar-refractivity contribution in [2.75, 3.05) is 14.2 Å². The van der Waals surface area contributed by atoms with Crippen LogP contribution in [0.25, 0.3) is 0 Å². The normalized spacial score (nSPS) is 13.6. The Hall–Kier alpha value is -2.00. The highest BCUT2D eigenvalue weighted by molar-refractivity contribution is 5.53. The summed E-state index contributed by atoms with van der Waals surface area (Å²) in [5.74, 6) is 1.34. The molecule has 1 N–H and O–H groups in total. The quantitative estimate of drug-likeness (QED) is 0.933. The molecule has 0 fully saturated rings. The maximum atomic E-state index is 11.2. The number of para-hydroxylation sites is 1. The van der Waals surface area contributed by atoms with E-state index in [0.29, 0.717) is 11.5 Å². The number of ether oxygens (including phenoxy) is 2. The number of rotatable bonds is 4. The molecule has 0 saturated carbocycles. The average Bonchev–Trinajstić information content (AvgIpc) is 2.45. The molecule has 0 aromatic heterocycles. The van der Waals surface area contributed by atoms with E-state index < -0.39 is 5.60 Å². The van der Waals surface area contributed by atoms with Crippen molar-refractivity contribution in [3.05, 3.63) is 58.7 Å². The monoisotopic (exact) mass is 286 g/mol. The van der Waals surface area contributed by atoms with Crippen molar-refractivity contribution >= 4 is 0 Å². The van der Waals surface area contributed by atoms with Crippen molar-refractivity contribution in [3.63, 3.8) is 0 Å². The molecule has 3 nitrogen and oxygen atoms in total. The first kappa shape index (κ1) is 15.4. The molecule has 0 bridgehead atoms. The van der Waals surface area contributed by atoms with Crippen molar-refractivity contribution in [2.24, 2.45) is 0 Å². The van der Waals surface area contributed by atoms with Crippen molar-refractivity contribution in [1.82, 2.24) is 0 Å². The van der Waals surface area contributed by atoms with Gasteiger partial charge in [-0.1, -0.05) is 24.3 Å². The molecule has 0 spiro atoms. The third-order valence-corrected chi connectivity index (χ3v) is 3.78. The lowest BCUT2D eigenvalue weighted by Crippen LogP contribution is -2.25. The van der Waals surface area contributed by atoms with Crippen LogP contribution in [0.4, 0.5) is 0 Å². The van der Waals surface area contributed by atoms with Crippen LogP contribution in [-0.2, 0) is 5.60 Å². The van der Waals surface area contributed by atoms with E-state index in [1.165, 1.54) is 0 Å². The van der Waals surface area contributed by atoms with Gasteiger partial charge >= 0.3 is 0 Å². The van der Waals surface area contributed by atoms with Crippen molar-refractivity contribution in [2.45, 2.75) is 26.4 Å². The molecule has 0 heterocycles. The number of methoxy groups -OCH3 is 2. The minimum absolute atomic E-state index is 0.657. The molecule has 0 saturated heterocycles. The molecule has 0 aliphatic heterocycles. The Labute approximate surface area is 126 Å². The minimum Gasteiger partial charge on any atom is -0.496 e. The summed E-state index contributed by atoms with van der Waals surface area (Å²) in [7, 11) is 3.23. The average molecular weight is 286 g/mol. The standard InChI is InChI=1S/C18H22O3/c1-12-10-13(2)17(16(11-12)21-5)18(3,19)14-8-6-7-9-15(14)20-4/h6-11,19H,1-5H3. The van der Waals surface area contributed by atoms with Crippen LogP contribution in [0.3, 0.4) is 0 Å². The van der Waals surface area contributed by atoms with Crippen LogP contribution in [0.1, 0.15) is 29.2 Å². The molecule has 2 aromatic rings. The van der Waals surface area contributed by atoms with E-state index in [9.17, 15) is 5.11 Å².